The van der Waals surface area contributed by atoms with Gasteiger partial charge in [-0.15, -0.1) is 0 Å². The number of hydrogen-bond donors (Lipinski definition) is 0. The van der Waals surface area contributed by atoms with Gasteiger partial charge in [0.15, 0.2) is 0 Å². The van der Waals surface area contributed by atoms with Gasteiger partial charge >= 0.3 is 6.09 Å². The summed E-state index contributed by atoms with van der Waals surface area (Å²) in [4.78, 5) is 33.2. The molecular weight excluding hydrogens is 472 g/mol. The van der Waals surface area contributed by atoms with Gasteiger partial charge in [0.25, 0.3) is 0 Å². The van der Waals surface area contributed by atoms with Crippen LogP contribution in [0.3, 0.4) is 0 Å². The number of rotatable bonds is 5. The van der Waals surface area contributed by atoms with E-state index < -0.39 is 0 Å². The molecule has 2 fully saturated rings. The predicted octanol–water partition coefficient (Wildman–Crippen LogP) is 6.54. The van der Waals surface area contributed by atoms with E-state index in [4.69, 9.17) is 4.74 Å². The highest BCUT2D eigenvalue weighted by molar-refractivity contribution is 5.90. The lowest BCUT2D eigenvalue weighted by molar-refractivity contribution is -0.124. The zero-order valence-electron chi connectivity index (χ0n) is 21.3. The second-order valence-electron chi connectivity index (χ2n) is 10.9. The molecule has 4 aromatic rings. The first-order valence-electron chi connectivity index (χ1n) is 13.7. The van der Waals surface area contributed by atoms with Crippen molar-refractivity contribution >= 4 is 22.8 Å². The van der Waals surface area contributed by atoms with Crippen molar-refractivity contribution in [1.29, 1.82) is 0 Å². The van der Waals surface area contributed by atoms with Gasteiger partial charge in [0.05, 0.1) is 5.52 Å². The Balaban J connectivity index is 1.02. The fourth-order valence-electron chi connectivity index (χ4n) is 7.05. The van der Waals surface area contributed by atoms with E-state index in [0.29, 0.717) is 13.0 Å². The number of ether oxygens (including phenoxy) is 1. The second-order valence-corrected chi connectivity index (χ2v) is 10.9. The van der Waals surface area contributed by atoms with Crippen molar-refractivity contribution < 1.29 is 14.3 Å². The number of ketones is 1. The highest BCUT2D eigenvalue weighted by atomic mass is 16.6. The largest absolute Gasteiger partial charge is 0.448 e. The topological polar surface area (TPSA) is 59.5 Å². The lowest BCUT2D eigenvalue weighted by Gasteiger charge is -2.37. The molecule has 2 aliphatic heterocycles. The standard InChI is InChI=1S/C33H30N2O3/c36-31(19-22-8-5-7-21-9-6-16-34-32(21)22)23-17-24-14-15-25(18-23)35(24)33(37)38-20-30-28-12-3-1-10-26(28)27-11-2-4-13-29(27)30/h1-13,16,23-25,30H,14-15,17-20H2. The number of para-hydroxylation sites is 1. The molecule has 7 rings (SSSR count). The van der Waals surface area contributed by atoms with Crippen molar-refractivity contribution in [3.05, 3.63) is 102 Å². The van der Waals surface area contributed by atoms with Crippen molar-refractivity contribution in [1.82, 2.24) is 9.88 Å². The number of nitrogens with zero attached hydrogens (tertiary/aromatic N) is 2. The molecule has 38 heavy (non-hydrogen) atoms. The molecule has 1 amide bonds. The zero-order chi connectivity index (χ0) is 25.6. The third-order valence-corrected chi connectivity index (χ3v) is 8.82. The second kappa shape index (κ2) is 9.39. The maximum atomic E-state index is 13.4. The Kier molecular flexibility index (Phi) is 5.72. The van der Waals surface area contributed by atoms with Crippen LogP contribution in [0, 0.1) is 5.92 Å². The van der Waals surface area contributed by atoms with E-state index in [-0.39, 0.29) is 35.8 Å². The van der Waals surface area contributed by atoms with Crippen molar-refractivity contribution in [2.45, 2.75) is 50.1 Å². The Morgan fingerprint density at radius 1 is 0.816 bits per heavy atom. The van der Waals surface area contributed by atoms with E-state index in [9.17, 15) is 9.59 Å². The summed E-state index contributed by atoms with van der Waals surface area (Å²) in [5.74, 6) is 0.286. The summed E-state index contributed by atoms with van der Waals surface area (Å²) in [6, 6.07) is 26.9. The van der Waals surface area contributed by atoms with Gasteiger partial charge in [-0.25, -0.2) is 4.79 Å². The molecule has 0 radical (unpaired) electrons. The minimum atomic E-state index is -0.233. The monoisotopic (exact) mass is 502 g/mol. The molecule has 2 bridgehead atoms. The molecule has 3 aliphatic rings. The number of benzene rings is 3. The summed E-state index contributed by atoms with van der Waals surface area (Å²) in [5.41, 5.74) is 6.78. The number of pyridine rings is 1. The molecule has 2 atom stereocenters. The molecule has 2 saturated heterocycles. The first kappa shape index (κ1) is 23.2. The molecular formula is C33H30N2O3. The average Bonchev–Trinajstić information content (AvgIpc) is 3.42. The smallest absolute Gasteiger partial charge is 0.410 e. The Bertz CT molecular complexity index is 1480. The van der Waals surface area contributed by atoms with Gasteiger partial charge in [-0.05, 0) is 59.6 Å². The van der Waals surface area contributed by atoms with E-state index in [1.807, 2.05) is 35.2 Å². The number of hydrogen-bond acceptors (Lipinski definition) is 4. The van der Waals surface area contributed by atoms with Crippen LogP contribution in [0.1, 0.15) is 48.3 Å². The highest BCUT2D eigenvalue weighted by Gasteiger charge is 2.46. The van der Waals surface area contributed by atoms with Crippen molar-refractivity contribution in [2.24, 2.45) is 5.92 Å². The number of carbonyl (C=O) groups is 2. The molecule has 0 spiro atoms. The Morgan fingerprint density at radius 2 is 1.47 bits per heavy atom. The highest BCUT2D eigenvalue weighted by Crippen LogP contribution is 2.45. The normalized spacial score (nSPS) is 21.8. The summed E-state index contributed by atoms with van der Waals surface area (Å²) in [6.07, 6.45) is 5.26. The molecule has 5 nitrogen and oxygen atoms in total. The van der Waals surface area contributed by atoms with Gasteiger partial charge < -0.3 is 9.64 Å². The molecule has 0 N–H and O–H groups in total. The maximum absolute atomic E-state index is 13.4. The fourth-order valence-corrected chi connectivity index (χ4v) is 7.05. The minimum Gasteiger partial charge on any atom is -0.448 e. The van der Waals surface area contributed by atoms with Crippen molar-refractivity contribution in [3.63, 3.8) is 0 Å². The molecule has 190 valence electrons. The molecule has 3 aromatic carbocycles. The van der Waals surface area contributed by atoms with Crippen LogP contribution in [0.4, 0.5) is 4.79 Å². The van der Waals surface area contributed by atoms with Gasteiger partial charge in [-0.2, -0.15) is 0 Å². The van der Waals surface area contributed by atoms with Gasteiger partial charge in [0.2, 0.25) is 0 Å². The van der Waals surface area contributed by atoms with Gasteiger partial charge in [0, 0.05) is 41.9 Å². The van der Waals surface area contributed by atoms with Crippen LogP contribution in [0.5, 0.6) is 0 Å². The van der Waals surface area contributed by atoms with Crippen molar-refractivity contribution in [3.8, 4) is 11.1 Å². The zero-order valence-corrected chi connectivity index (χ0v) is 21.3. The fraction of sp³-hybridized carbons (Fsp3) is 0.303. The number of aromatic nitrogens is 1. The Labute approximate surface area is 222 Å². The maximum Gasteiger partial charge on any atom is 0.410 e. The summed E-state index contributed by atoms with van der Waals surface area (Å²) in [5, 5.41) is 1.06. The molecule has 1 aromatic heterocycles. The number of carbonyl (C=O) groups excluding carboxylic acids is 2. The first-order chi connectivity index (χ1) is 18.7. The summed E-state index contributed by atoms with van der Waals surface area (Å²) in [7, 11) is 0. The minimum absolute atomic E-state index is 0.0240. The van der Waals surface area contributed by atoms with Crippen LogP contribution in [0.25, 0.3) is 22.0 Å². The van der Waals surface area contributed by atoms with Crippen LogP contribution in [-0.4, -0.2) is 40.5 Å². The van der Waals surface area contributed by atoms with Crippen LogP contribution < -0.4 is 0 Å². The van der Waals surface area contributed by atoms with Gasteiger partial charge in [0.1, 0.15) is 12.4 Å². The van der Waals surface area contributed by atoms with Crippen LogP contribution >= 0.6 is 0 Å². The van der Waals surface area contributed by atoms with Gasteiger partial charge in [-0.1, -0.05) is 72.8 Å². The quantitative estimate of drug-likeness (QED) is 0.311. The predicted molar refractivity (Wildman–Crippen MR) is 147 cm³/mol. The summed E-state index contributed by atoms with van der Waals surface area (Å²) < 4.78 is 5.99. The van der Waals surface area contributed by atoms with Crippen LogP contribution in [0.15, 0.2) is 85.1 Å². The van der Waals surface area contributed by atoms with E-state index in [2.05, 4.69) is 53.5 Å². The summed E-state index contributed by atoms with van der Waals surface area (Å²) >= 11 is 0. The molecule has 1 aliphatic carbocycles. The van der Waals surface area contributed by atoms with E-state index >= 15 is 0 Å². The van der Waals surface area contributed by atoms with E-state index in [0.717, 1.165) is 42.1 Å². The summed E-state index contributed by atoms with van der Waals surface area (Å²) in [6.45, 7) is 0.333. The lowest BCUT2D eigenvalue weighted by Crippen LogP contribution is -2.48. The number of Topliss-reactive ketones (excluding diaryl/α,β-unsaturated/α-hetero) is 1. The number of piperidine rings is 1. The average molecular weight is 503 g/mol. The third-order valence-electron chi connectivity index (χ3n) is 8.82. The Hall–Kier alpha value is -3.99. The third kappa shape index (κ3) is 3.89. The van der Waals surface area contributed by atoms with E-state index in [1.165, 1.54) is 22.3 Å². The molecule has 0 saturated carbocycles. The Morgan fingerprint density at radius 3 is 2.18 bits per heavy atom. The van der Waals surface area contributed by atoms with Crippen molar-refractivity contribution in [2.75, 3.05) is 6.61 Å². The first-order valence-corrected chi connectivity index (χ1v) is 13.7. The molecule has 3 heterocycles. The SMILES string of the molecule is O=C(Cc1cccc2cccnc12)C1CC2CCC(C1)N2C(=O)OCC1c2ccccc2-c2ccccc21. The van der Waals surface area contributed by atoms with E-state index in [1.54, 1.807) is 6.20 Å². The molecule has 2 unspecified atom stereocenters. The van der Waals surface area contributed by atoms with Crippen LogP contribution in [0.2, 0.25) is 0 Å². The van der Waals surface area contributed by atoms with Crippen LogP contribution in [-0.2, 0) is 16.0 Å². The number of amides is 1. The van der Waals surface area contributed by atoms with Gasteiger partial charge in [-0.3, -0.25) is 9.78 Å². The molecule has 5 heteroatoms. The lowest BCUT2D eigenvalue weighted by atomic mass is 9.85. The number of fused-ring (bicyclic) bond motifs is 6.